The highest BCUT2D eigenvalue weighted by Crippen LogP contribution is 2.31. The Morgan fingerprint density at radius 1 is 1.21 bits per heavy atom. The number of methoxy groups -OCH3 is 2. The van der Waals surface area contributed by atoms with Gasteiger partial charge in [0.15, 0.2) is 5.82 Å². The molecule has 7 heteroatoms. The molecule has 0 aliphatic carbocycles. The van der Waals surface area contributed by atoms with Crippen LogP contribution in [0.2, 0.25) is 0 Å². The summed E-state index contributed by atoms with van der Waals surface area (Å²) in [4.78, 5) is 6.67. The minimum absolute atomic E-state index is 0.258. The van der Waals surface area contributed by atoms with Gasteiger partial charge < -0.3 is 24.2 Å². The van der Waals surface area contributed by atoms with Crippen molar-refractivity contribution in [3.63, 3.8) is 0 Å². The average Bonchev–Trinajstić information content (AvgIpc) is 3.24. The Kier molecular flexibility index (Phi) is 4.78. The lowest BCUT2D eigenvalue weighted by molar-refractivity contribution is 0.394. The minimum atomic E-state index is 0.258. The smallest absolute Gasteiger partial charge is 0.321 e. The quantitative estimate of drug-likeness (QED) is 0.872. The average molecular weight is 332 g/mol. The fourth-order valence-corrected chi connectivity index (χ4v) is 2.79. The molecule has 0 saturated carbocycles. The number of rotatable bonds is 6. The number of anilines is 2. The summed E-state index contributed by atoms with van der Waals surface area (Å²) in [6.07, 6.45) is 0.999. The number of hydrogen-bond donors (Lipinski definition) is 1. The van der Waals surface area contributed by atoms with E-state index in [1.54, 1.807) is 14.2 Å². The van der Waals surface area contributed by atoms with Crippen molar-refractivity contribution in [1.29, 1.82) is 0 Å². The van der Waals surface area contributed by atoms with Crippen LogP contribution in [0.4, 0.5) is 11.7 Å². The molecular weight excluding hydrogens is 308 g/mol. The Labute approximate surface area is 141 Å². The molecule has 7 nitrogen and oxygen atoms in total. The molecule has 0 bridgehead atoms. The van der Waals surface area contributed by atoms with Crippen molar-refractivity contribution < 1.29 is 14.0 Å². The number of benzene rings is 1. The second-order valence-electron chi connectivity index (χ2n) is 6.26. The first-order valence-electron chi connectivity index (χ1n) is 8.17. The monoisotopic (exact) mass is 332 g/mol. The van der Waals surface area contributed by atoms with Gasteiger partial charge in [0.05, 0.1) is 14.2 Å². The Morgan fingerprint density at radius 3 is 2.50 bits per heavy atom. The van der Waals surface area contributed by atoms with Gasteiger partial charge in [0.2, 0.25) is 0 Å². The highest BCUT2D eigenvalue weighted by Gasteiger charge is 2.25. The van der Waals surface area contributed by atoms with E-state index in [1.807, 2.05) is 32.0 Å². The van der Waals surface area contributed by atoms with Crippen molar-refractivity contribution in [2.45, 2.75) is 32.2 Å². The van der Waals surface area contributed by atoms with Gasteiger partial charge in [-0.05, 0) is 6.42 Å². The highest BCUT2D eigenvalue weighted by molar-refractivity contribution is 5.56. The lowest BCUT2D eigenvalue weighted by Crippen LogP contribution is -2.26. The number of nitrogens with zero attached hydrogens (tertiary/aromatic N) is 3. The summed E-state index contributed by atoms with van der Waals surface area (Å²) in [6, 6.07) is 6.68. The maximum Gasteiger partial charge on any atom is 0.321 e. The number of nitrogens with one attached hydrogen (secondary N) is 1. The molecule has 0 spiro atoms. The summed E-state index contributed by atoms with van der Waals surface area (Å²) >= 11 is 0. The molecule has 1 aromatic heterocycles. The molecular formula is C17H24N4O3. The molecule has 0 amide bonds. The van der Waals surface area contributed by atoms with Crippen LogP contribution in [0.3, 0.4) is 0 Å². The second-order valence-corrected chi connectivity index (χ2v) is 6.26. The highest BCUT2D eigenvalue weighted by atomic mass is 16.5. The predicted octanol–water partition coefficient (Wildman–Crippen LogP) is 2.90. The standard InChI is InChI=1S/C17H24N4O3/c1-11(2)16-19-17(24-20-16)18-12-5-6-21(10-12)13-7-14(22-3)9-15(8-13)23-4/h7-9,11-12H,5-6,10H2,1-4H3,(H,18,19,20). The molecule has 0 radical (unpaired) electrons. The first-order chi connectivity index (χ1) is 11.6. The minimum Gasteiger partial charge on any atom is -0.497 e. The predicted molar refractivity (Wildman–Crippen MR) is 92.2 cm³/mol. The molecule has 24 heavy (non-hydrogen) atoms. The van der Waals surface area contributed by atoms with E-state index in [-0.39, 0.29) is 12.0 Å². The van der Waals surface area contributed by atoms with Crippen LogP contribution in [-0.2, 0) is 0 Å². The molecule has 3 rings (SSSR count). The van der Waals surface area contributed by atoms with E-state index in [1.165, 1.54) is 0 Å². The van der Waals surface area contributed by atoms with Crippen molar-refractivity contribution in [3.05, 3.63) is 24.0 Å². The fraction of sp³-hybridized carbons (Fsp3) is 0.529. The first-order valence-corrected chi connectivity index (χ1v) is 8.17. The van der Waals surface area contributed by atoms with Crippen molar-refractivity contribution >= 4 is 11.7 Å². The van der Waals surface area contributed by atoms with E-state index in [0.717, 1.165) is 42.5 Å². The van der Waals surface area contributed by atoms with E-state index in [2.05, 4.69) is 20.4 Å². The Bertz CT molecular complexity index is 664. The normalized spacial score (nSPS) is 17.4. The molecule has 2 aromatic rings. The first kappa shape index (κ1) is 16.4. The van der Waals surface area contributed by atoms with Crippen molar-refractivity contribution in [1.82, 2.24) is 10.1 Å². The summed E-state index contributed by atoms with van der Waals surface area (Å²) in [5, 5.41) is 7.31. The maximum absolute atomic E-state index is 5.35. The van der Waals surface area contributed by atoms with Crippen LogP contribution in [0.15, 0.2) is 22.7 Å². The molecule has 1 aliphatic heterocycles. The van der Waals surface area contributed by atoms with Gasteiger partial charge in [-0.3, -0.25) is 0 Å². The van der Waals surface area contributed by atoms with Crippen molar-refractivity contribution in [2.75, 3.05) is 37.5 Å². The van der Waals surface area contributed by atoms with Crippen LogP contribution < -0.4 is 19.7 Å². The van der Waals surface area contributed by atoms with Gasteiger partial charge in [-0.2, -0.15) is 4.98 Å². The van der Waals surface area contributed by atoms with Crippen LogP contribution in [0.5, 0.6) is 11.5 Å². The van der Waals surface area contributed by atoms with Crippen LogP contribution >= 0.6 is 0 Å². The number of ether oxygens (including phenoxy) is 2. The zero-order valence-corrected chi connectivity index (χ0v) is 14.6. The molecule has 1 aliphatic rings. The topological polar surface area (TPSA) is 72.7 Å². The number of aromatic nitrogens is 2. The third-order valence-corrected chi connectivity index (χ3v) is 4.18. The molecule has 1 N–H and O–H groups in total. The number of hydrogen-bond acceptors (Lipinski definition) is 7. The van der Waals surface area contributed by atoms with Crippen LogP contribution in [-0.4, -0.2) is 43.5 Å². The molecule has 1 fully saturated rings. The molecule has 1 unspecified atom stereocenters. The van der Waals surface area contributed by atoms with Crippen molar-refractivity contribution in [2.24, 2.45) is 0 Å². The Balaban J connectivity index is 1.66. The van der Waals surface area contributed by atoms with E-state index < -0.39 is 0 Å². The third-order valence-electron chi connectivity index (χ3n) is 4.18. The summed E-state index contributed by atoms with van der Waals surface area (Å²) in [5.74, 6) is 2.57. The van der Waals surface area contributed by atoms with Gasteiger partial charge in [-0.25, -0.2) is 0 Å². The van der Waals surface area contributed by atoms with E-state index in [9.17, 15) is 0 Å². The molecule has 1 saturated heterocycles. The van der Waals surface area contributed by atoms with Crippen LogP contribution in [0.1, 0.15) is 32.0 Å². The molecule has 1 atom stereocenters. The lowest BCUT2D eigenvalue weighted by Gasteiger charge is -2.20. The van der Waals surface area contributed by atoms with Gasteiger partial charge >= 0.3 is 6.01 Å². The van der Waals surface area contributed by atoms with Gasteiger partial charge in [-0.1, -0.05) is 19.0 Å². The third kappa shape index (κ3) is 3.55. The van der Waals surface area contributed by atoms with Gasteiger partial charge in [0.25, 0.3) is 0 Å². The largest absolute Gasteiger partial charge is 0.497 e. The van der Waals surface area contributed by atoms with Gasteiger partial charge in [0, 0.05) is 48.9 Å². The second kappa shape index (κ2) is 6.98. The summed E-state index contributed by atoms with van der Waals surface area (Å²) in [5.41, 5.74) is 1.09. The summed E-state index contributed by atoms with van der Waals surface area (Å²) in [6.45, 7) is 5.89. The van der Waals surface area contributed by atoms with Crippen LogP contribution in [0.25, 0.3) is 0 Å². The molecule has 130 valence electrons. The maximum atomic E-state index is 5.35. The van der Waals surface area contributed by atoms with Gasteiger partial charge in [-0.15, -0.1) is 0 Å². The summed E-state index contributed by atoms with van der Waals surface area (Å²) in [7, 11) is 3.32. The van der Waals surface area contributed by atoms with E-state index in [0.29, 0.717) is 6.01 Å². The van der Waals surface area contributed by atoms with Crippen molar-refractivity contribution in [3.8, 4) is 11.5 Å². The SMILES string of the molecule is COc1cc(OC)cc(N2CCC(Nc3nc(C(C)C)no3)C2)c1. The lowest BCUT2D eigenvalue weighted by atomic mass is 10.2. The Hall–Kier alpha value is -2.44. The van der Waals surface area contributed by atoms with E-state index >= 15 is 0 Å². The summed E-state index contributed by atoms with van der Waals surface area (Å²) < 4.78 is 16.0. The molecule has 1 aromatic carbocycles. The van der Waals surface area contributed by atoms with Gasteiger partial charge in [0.1, 0.15) is 11.5 Å². The van der Waals surface area contributed by atoms with E-state index in [4.69, 9.17) is 14.0 Å². The zero-order valence-electron chi connectivity index (χ0n) is 14.6. The van der Waals surface area contributed by atoms with Crippen LogP contribution in [0, 0.1) is 0 Å². The fourth-order valence-electron chi connectivity index (χ4n) is 2.79. The Morgan fingerprint density at radius 2 is 1.92 bits per heavy atom. The molecule has 2 heterocycles. The zero-order chi connectivity index (χ0) is 17.1.